The third-order valence-corrected chi connectivity index (χ3v) is 21.8. The summed E-state index contributed by atoms with van der Waals surface area (Å²) in [5.41, 5.74) is 6.16. The molecule has 0 spiro atoms. The topological polar surface area (TPSA) is 750 Å². The molecule has 4 aromatic heterocycles. The fourth-order valence-corrected chi connectivity index (χ4v) is 15.9. The molecule has 8 rings (SSSR count). The maximum absolute atomic E-state index is 13.2. The second-order valence-electron chi connectivity index (χ2n) is 31.0. The first kappa shape index (κ1) is 108. The van der Waals surface area contributed by atoms with E-state index in [0.29, 0.717) is 106 Å². The van der Waals surface area contributed by atoms with Crippen LogP contribution in [0.25, 0.3) is 0 Å². The molecule has 0 bridgehead atoms. The predicted molar refractivity (Wildman–Crippen MR) is 423 cm³/mol. The average Bonchev–Trinajstić information content (AvgIpc) is 1.54. The first-order valence-electron chi connectivity index (χ1n) is 41.1. The Morgan fingerprint density at radius 1 is 0.362 bits per heavy atom. The summed E-state index contributed by atoms with van der Waals surface area (Å²) in [5, 5.41) is 125. The number of amides is 8. The van der Waals surface area contributed by atoms with Gasteiger partial charge in [-0.15, -0.1) is 18.3 Å². The molecule has 0 fully saturated rings. The van der Waals surface area contributed by atoms with Gasteiger partial charge >= 0.3 is 153 Å². The van der Waals surface area contributed by atoms with Gasteiger partial charge in [0.25, 0.3) is 11.8 Å². The number of hydrogen-bond acceptors (Lipinski definition) is 19. The number of carbonyl (C=O) groups excluding carboxylic acids is 6. The van der Waals surface area contributed by atoms with Crippen molar-refractivity contribution in [1.29, 1.82) is 0 Å². The maximum atomic E-state index is 13.2. The third kappa shape index (κ3) is 33.0. The number of hydrogen-bond donors (Lipinski definition) is 19. The van der Waals surface area contributed by atoms with E-state index in [4.69, 9.17) is 29.9 Å². The molecule has 0 unspecified atom stereocenters. The van der Waals surface area contributed by atoms with Crippen LogP contribution in [0.2, 0.25) is 0 Å². The number of nitrogens with zero attached hydrogens (tertiary/aromatic N) is 12. The molecule has 8 heterocycles. The summed E-state index contributed by atoms with van der Waals surface area (Å²) in [6.45, 7) is 13.1. The van der Waals surface area contributed by atoms with E-state index in [2.05, 4.69) is 51.9 Å². The SMILES string of the molecule is N[C@@H](CCCC[N+]12Cc3n(cc[n+]3CC(=O)O)C1n1cc[n+](CC(=O)O)c1C2)C(=O)NCCCC[C@H](NC(=O)N[C@@H](CCC(=O)O)C(=O)O)C(=O)O.O=C(O)CC[C@H](NC(=O)N[C@@H](CCCCNC(=O)CCCCCCCCCC[N+]12Cc3n(cc[n+]3CC(=O)N(CC(=O)O)CC(=O)O)C1n1cc[n+](CC(=O)N(CC(=O)O)CC(=O)O)c1C2)C(=O)O)C(=O)O.[C-]#[O+].[C-]#[O+].[C-]#[O+]. The number of rotatable bonds is 57. The zero-order valence-electron chi connectivity index (χ0n) is 70.9. The quantitative estimate of drug-likeness (QED) is 0.00663. The molecular formula is C78H111N19O33+6. The molecule has 710 valence electrons. The molecule has 4 aliphatic heterocycles. The van der Waals surface area contributed by atoms with Gasteiger partial charge in [0, 0.05) is 32.4 Å². The summed E-state index contributed by atoms with van der Waals surface area (Å²) in [4.78, 5) is 213. The molecule has 130 heavy (non-hydrogen) atoms. The van der Waals surface area contributed by atoms with Gasteiger partial charge in [0.1, 0.15) is 99.9 Å². The third-order valence-electron chi connectivity index (χ3n) is 21.8. The Morgan fingerprint density at radius 2 is 0.646 bits per heavy atom. The summed E-state index contributed by atoms with van der Waals surface area (Å²) in [5.74, 6) is -14.2. The molecule has 4 aromatic rings. The van der Waals surface area contributed by atoms with Gasteiger partial charge in [-0.1, -0.05) is 32.1 Å². The predicted octanol–water partition coefficient (Wildman–Crippen LogP) is -3.80. The van der Waals surface area contributed by atoms with Crippen molar-refractivity contribution < 1.29 is 189 Å². The number of fused-ring (bicyclic) bond motifs is 10. The van der Waals surface area contributed by atoms with E-state index >= 15 is 0 Å². The Kier molecular flexibility index (Phi) is 44.7. The van der Waals surface area contributed by atoms with Crippen LogP contribution in [0.15, 0.2) is 49.6 Å². The standard InChI is InChI=1S/C44H62N10O18.C31H43N9O12.3CO/c55-31(45-15-9-8-11-29(41(68)69)46-43(72)47-30(42(70)71)13-14-36(58)59)12-7-5-3-1-2-4-6-10-20-54-27-32-48(21-34(56)50(23-37(60)61)24-38(62)63)16-18-52(32)44(54)53-19-17-49(33(53)28-54)22-35(57)51(25-39(64)65)26-40(66)67;32-19(27(47)33-9-3-1-6-20(28(48)49)34-30(52)35-21(29(50)51)7-8-24(41)42)5-2-4-14-40-17-22-36(15-25(43)44)10-12-38(22)31(40)39-13-11-37(16-26(45)46)23(39)18-40;3*1-2/h16-19,29-30,44H,1-15,20-28H2,(H7-3,45,46,47,55,58,59,60,61,62,63,64,65,66,67,68,69,70,71,72);10-13,19-21,31H,1-9,14-18,32H2,(H5-3,33,34,35,41,42,43,44,45,46,47,48,49,50,51,52);;;/p+6/t29-,30-,44?,54?;19-,20-,21-,31?,40?;;;/m00.../s1. The molecule has 5 atom stereocenters. The minimum absolute atomic E-state index is 0.00861. The van der Waals surface area contributed by atoms with Crippen LogP contribution < -0.4 is 55.9 Å². The van der Waals surface area contributed by atoms with E-state index < -0.39 is 165 Å². The molecule has 52 nitrogen and oxygen atoms in total. The molecule has 0 saturated heterocycles. The van der Waals surface area contributed by atoms with Crippen LogP contribution in [0.5, 0.6) is 0 Å². The van der Waals surface area contributed by atoms with E-state index in [1.54, 1.807) is 55.4 Å². The van der Waals surface area contributed by atoms with Crippen molar-refractivity contribution in [3.8, 4) is 0 Å². The van der Waals surface area contributed by atoms with Crippen LogP contribution in [-0.2, 0) is 143 Å². The van der Waals surface area contributed by atoms with Crippen molar-refractivity contribution >= 4 is 107 Å². The average molecular weight is 1840 g/mol. The Morgan fingerprint density at radius 3 is 0.954 bits per heavy atom. The van der Waals surface area contributed by atoms with Gasteiger partial charge in [-0.25, -0.2) is 65.6 Å². The van der Waals surface area contributed by atoms with Gasteiger partial charge in [0.2, 0.25) is 11.8 Å². The Labute approximate surface area is 740 Å². The molecular weight excluding hydrogens is 1730 g/mol. The van der Waals surface area contributed by atoms with E-state index in [9.17, 15) is 137 Å². The van der Waals surface area contributed by atoms with Gasteiger partial charge in [-0.2, -0.15) is 0 Å². The van der Waals surface area contributed by atoms with Gasteiger partial charge in [0.15, 0.2) is 52.4 Å². The number of urea groups is 2. The Bertz CT molecular complexity index is 4530. The van der Waals surface area contributed by atoms with Crippen molar-refractivity contribution in [3.63, 3.8) is 0 Å². The second-order valence-corrected chi connectivity index (χ2v) is 31.0. The van der Waals surface area contributed by atoms with Crippen LogP contribution in [0.1, 0.15) is 177 Å². The number of carbonyl (C=O) groups is 18. The second kappa shape index (κ2) is 53.6. The molecule has 8 amide bonds. The first-order chi connectivity index (χ1) is 61.7. The van der Waals surface area contributed by atoms with Gasteiger partial charge in [-0.3, -0.25) is 47.9 Å². The fraction of sp³-hybridized carbons (Fsp3) is 0.577. The zero-order chi connectivity index (χ0) is 97.3. The van der Waals surface area contributed by atoms with E-state index in [1.165, 1.54) is 0 Å². The zero-order valence-corrected chi connectivity index (χ0v) is 70.9. The first-order valence-corrected chi connectivity index (χ1v) is 41.1. The van der Waals surface area contributed by atoms with E-state index in [1.807, 2.05) is 30.7 Å². The summed E-state index contributed by atoms with van der Waals surface area (Å²) < 4.78 is 38.3. The van der Waals surface area contributed by atoms with Gasteiger partial charge in [0.05, 0.1) is 19.1 Å². The number of nitrogens with two attached hydrogens (primary N) is 1. The number of aliphatic carboxylic acids is 12. The molecule has 52 heteroatoms. The van der Waals surface area contributed by atoms with Crippen LogP contribution in [-0.4, -0.2) is 288 Å². The molecule has 0 radical (unpaired) electrons. The van der Waals surface area contributed by atoms with Crippen LogP contribution >= 0.6 is 0 Å². The van der Waals surface area contributed by atoms with E-state index in [-0.39, 0.29) is 89.3 Å². The van der Waals surface area contributed by atoms with Crippen molar-refractivity contribution in [1.82, 2.24) is 60.0 Å². The molecule has 0 aromatic carbocycles. The molecule has 20 N–H and O–H groups in total. The monoisotopic (exact) mass is 1840 g/mol. The fourth-order valence-electron chi connectivity index (χ4n) is 15.9. The molecule has 0 saturated carbocycles. The number of aromatic nitrogens is 8. The Balaban J connectivity index is 0.000000538. The molecule has 4 aliphatic rings. The van der Waals surface area contributed by atoms with Crippen LogP contribution in [0.4, 0.5) is 9.59 Å². The molecule has 0 aliphatic carbocycles. The number of quaternary nitrogens is 2. The number of imidazole rings is 4. The number of carboxylic acids is 12. The van der Waals surface area contributed by atoms with Crippen LogP contribution in [0, 0.1) is 20.0 Å². The van der Waals surface area contributed by atoms with Gasteiger partial charge < -0.3 is 109 Å². The summed E-state index contributed by atoms with van der Waals surface area (Å²) >= 11 is 0. The summed E-state index contributed by atoms with van der Waals surface area (Å²) in [6.07, 6.45) is 22.0. The van der Waals surface area contributed by atoms with Crippen molar-refractivity contribution in [2.75, 3.05) is 52.4 Å². The van der Waals surface area contributed by atoms with Crippen molar-refractivity contribution in [2.45, 2.75) is 236 Å². The minimum atomic E-state index is -1.52. The van der Waals surface area contributed by atoms with Crippen molar-refractivity contribution in [3.05, 3.63) is 92.8 Å². The number of nitrogens with one attached hydrogen (secondary N) is 6. The van der Waals surface area contributed by atoms with Crippen molar-refractivity contribution in [2.24, 2.45) is 5.73 Å². The van der Waals surface area contributed by atoms with Gasteiger partial charge in [-0.05, 0) is 89.9 Å². The Hall–Kier alpha value is -14.0. The normalized spacial score (nSPS) is 16.4. The number of carboxylic acid groups (broad SMARTS) is 12. The van der Waals surface area contributed by atoms with E-state index in [0.717, 1.165) is 78.0 Å². The number of unbranched alkanes of at least 4 members (excludes halogenated alkanes) is 10. The van der Waals surface area contributed by atoms with Crippen LogP contribution in [0.3, 0.4) is 0 Å². The summed E-state index contributed by atoms with van der Waals surface area (Å²) in [6, 6.07) is -8.63. The summed E-state index contributed by atoms with van der Waals surface area (Å²) in [7, 11) is 0.